The molecule has 0 fully saturated rings. The van der Waals surface area contributed by atoms with Crippen molar-refractivity contribution in [1.29, 1.82) is 0 Å². The Bertz CT molecular complexity index is 571. The molecule has 0 aliphatic rings. The predicted octanol–water partition coefficient (Wildman–Crippen LogP) is 3.54. The summed E-state index contributed by atoms with van der Waals surface area (Å²) < 4.78 is 30.2. The number of carbonyl (C=O) groups excluding carboxylic acids is 1. The second-order valence-electron chi connectivity index (χ2n) is 3.98. The third-order valence-corrected chi connectivity index (χ3v) is 3.07. The highest BCUT2D eigenvalue weighted by molar-refractivity contribution is 9.09. The minimum atomic E-state index is -2.55. The van der Waals surface area contributed by atoms with Crippen molar-refractivity contribution in [2.24, 2.45) is 0 Å². The predicted molar refractivity (Wildman–Crippen MR) is 71.9 cm³/mol. The third-order valence-electron chi connectivity index (χ3n) is 2.71. The average Bonchev–Trinajstić information content (AvgIpc) is 2.80. The third kappa shape index (κ3) is 3.12. The van der Waals surface area contributed by atoms with Gasteiger partial charge in [0, 0.05) is 17.3 Å². The standard InChI is InChI=1S/C13H12BrF2NO2/c14-5-6-17(7-12(15)16)13(18)10-8-19-11-4-2-1-3-9(10)11/h1-4,8,12H,5-7H2. The number of fused-ring (bicyclic) bond motifs is 1. The van der Waals surface area contributed by atoms with E-state index in [0.717, 1.165) is 4.90 Å². The maximum atomic E-state index is 12.5. The molecule has 1 heterocycles. The van der Waals surface area contributed by atoms with E-state index >= 15 is 0 Å². The number of benzene rings is 1. The van der Waals surface area contributed by atoms with Gasteiger partial charge in [-0.25, -0.2) is 8.78 Å². The molecular weight excluding hydrogens is 320 g/mol. The lowest BCUT2D eigenvalue weighted by Crippen LogP contribution is -2.36. The largest absolute Gasteiger partial charge is 0.463 e. The monoisotopic (exact) mass is 331 g/mol. The zero-order valence-corrected chi connectivity index (χ0v) is 11.6. The molecule has 2 rings (SSSR count). The van der Waals surface area contributed by atoms with E-state index in [1.807, 2.05) is 0 Å². The summed E-state index contributed by atoms with van der Waals surface area (Å²) >= 11 is 3.16. The molecule has 0 bridgehead atoms. The van der Waals surface area contributed by atoms with E-state index in [2.05, 4.69) is 15.9 Å². The van der Waals surface area contributed by atoms with Gasteiger partial charge in [-0.15, -0.1) is 0 Å². The van der Waals surface area contributed by atoms with Gasteiger partial charge in [0.1, 0.15) is 11.8 Å². The molecule has 102 valence electrons. The van der Waals surface area contributed by atoms with E-state index in [0.29, 0.717) is 21.9 Å². The van der Waals surface area contributed by atoms with Crippen molar-refractivity contribution in [2.45, 2.75) is 6.43 Å². The fourth-order valence-corrected chi connectivity index (χ4v) is 2.29. The zero-order chi connectivity index (χ0) is 13.8. The Labute approximate surface area is 117 Å². The van der Waals surface area contributed by atoms with Gasteiger partial charge >= 0.3 is 0 Å². The van der Waals surface area contributed by atoms with Gasteiger partial charge in [0.15, 0.2) is 0 Å². The van der Waals surface area contributed by atoms with Crippen LogP contribution >= 0.6 is 15.9 Å². The number of nitrogens with zero attached hydrogens (tertiary/aromatic N) is 1. The van der Waals surface area contributed by atoms with Crippen LogP contribution in [0.1, 0.15) is 10.4 Å². The van der Waals surface area contributed by atoms with Crippen LogP contribution in [0.2, 0.25) is 0 Å². The molecule has 0 saturated heterocycles. The molecule has 0 saturated carbocycles. The first-order chi connectivity index (χ1) is 9.13. The van der Waals surface area contributed by atoms with E-state index < -0.39 is 18.9 Å². The minimum absolute atomic E-state index is 0.225. The Kier molecular flexibility index (Phi) is 4.52. The molecule has 0 unspecified atom stereocenters. The van der Waals surface area contributed by atoms with Gasteiger partial charge < -0.3 is 9.32 Å². The quantitative estimate of drug-likeness (QED) is 0.785. The summed E-state index contributed by atoms with van der Waals surface area (Å²) in [7, 11) is 0. The number of para-hydroxylation sites is 1. The summed E-state index contributed by atoms with van der Waals surface area (Å²) in [5.74, 6) is -0.440. The lowest BCUT2D eigenvalue weighted by atomic mass is 10.1. The number of hydrogen-bond acceptors (Lipinski definition) is 2. The molecule has 3 nitrogen and oxygen atoms in total. The van der Waals surface area contributed by atoms with Crippen LogP contribution in [0, 0.1) is 0 Å². The first kappa shape index (κ1) is 14.0. The molecular formula is C13H12BrF2NO2. The van der Waals surface area contributed by atoms with E-state index in [9.17, 15) is 13.6 Å². The zero-order valence-electron chi connectivity index (χ0n) is 9.98. The number of carbonyl (C=O) groups is 1. The lowest BCUT2D eigenvalue weighted by Gasteiger charge is -2.20. The van der Waals surface area contributed by atoms with Gasteiger partial charge in [0.25, 0.3) is 12.3 Å². The number of rotatable bonds is 5. The highest BCUT2D eigenvalue weighted by atomic mass is 79.9. The van der Waals surface area contributed by atoms with Crippen molar-refractivity contribution in [1.82, 2.24) is 4.90 Å². The van der Waals surface area contributed by atoms with Crippen LogP contribution in [-0.2, 0) is 0 Å². The summed E-state index contributed by atoms with van der Waals surface area (Å²) in [6, 6.07) is 7.03. The Morgan fingerprint density at radius 3 is 2.79 bits per heavy atom. The van der Waals surface area contributed by atoms with Gasteiger partial charge in [-0.2, -0.15) is 0 Å². The fraction of sp³-hybridized carbons (Fsp3) is 0.308. The summed E-state index contributed by atoms with van der Waals surface area (Å²) in [6.45, 7) is -0.355. The Morgan fingerprint density at radius 1 is 1.37 bits per heavy atom. The topological polar surface area (TPSA) is 33.5 Å². The highest BCUT2D eigenvalue weighted by Gasteiger charge is 2.22. The summed E-state index contributed by atoms with van der Waals surface area (Å²) in [5.41, 5.74) is 0.888. The summed E-state index contributed by atoms with van der Waals surface area (Å²) in [6.07, 6.45) is -1.24. The first-order valence-electron chi connectivity index (χ1n) is 5.73. The van der Waals surface area contributed by atoms with Crippen molar-refractivity contribution in [3.8, 4) is 0 Å². The molecule has 0 spiro atoms. The van der Waals surface area contributed by atoms with E-state index in [-0.39, 0.29) is 6.54 Å². The molecule has 0 aliphatic carbocycles. The minimum Gasteiger partial charge on any atom is -0.463 e. The normalized spacial score (nSPS) is 11.2. The van der Waals surface area contributed by atoms with Crippen LogP contribution in [0.3, 0.4) is 0 Å². The van der Waals surface area contributed by atoms with Crippen molar-refractivity contribution in [3.05, 3.63) is 36.1 Å². The number of amides is 1. The van der Waals surface area contributed by atoms with Crippen LogP contribution in [-0.4, -0.2) is 35.7 Å². The maximum Gasteiger partial charge on any atom is 0.257 e. The highest BCUT2D eigenvalue weighted by Crippen LogP contribution is 2.22. The molecule has 6 heteroatoms. The maximum absolute atomic E-state index is 12.5. The van der Waals surface area contributed by atoms with Gasteiger partial charge in [-0.1, -0.05) is 34.1 Å². The van der Waals surface area contributed by atoms with Crippen LogP contribution < -0.4 is 0 Å². The molecule has 1 aromatic heterocycles. The lowest BCUT2D eigenvalue weighted by molar-refractivity contribution is 0.0573. The molecule has 1 amide bonds. The molecule has 0 N–H and O–H groups in total. The second-order valence-corrected chi connectivity index (χ2v) is 4.77. The molecule has 0 atom stereocenters. The summed E-state index contributed by atoms with van der Waals surface area (Å²) in [4.78, 5) is 13.4. The van der Waals surface area contributed by atoms with Crippen LogP contribution in [0.5, 0.6) is 0 Å². The second kappa shape index (κ2) is 6.14. The van der Waals surface area contributed by atoms with Crippen molar-refractivity contribution in [2.75, 3.05) is 18.4 Å². The number of halogens is 3. The van der Waals surface area contributed by atoms with Crippen molar-refractivity contribution < 1.29 is 18.0 Å². The van der Waals surface area contributed by atoms with E-state index in [1.54, 1.807) is 24.3 Å². The van der Waals surface area contributed by atoms with Crippen LogP contribution in [0.15, 0.2) is 34.9 Å². The summed E-state index contributed by atoms with van der Waals surface area (Å²) in [5, 5.41) is 1.09. The smallest absolute Gasteiger partial charge is 0.257 e. The van der Waals surface area contributed by atoms with Crippen LogP contribution in [0.25, 0.3) is 11.0 Å². The first-order valence-corrected chi connectivity index (χ1v) is 6.85. The molecule has 19 heavy (non-hydrogen) atoms. The van der Waals surface area contributed by atoms with Gasteiger partial charge in [0.05, 0.1) is 12.1 Å². The van der Waals surface area contributed by atoms with Crippen LogP contribution in [0.4, 0.5) is 8.78 Å². The van der Waals surface area contributed by atoms with Crippen molar-refractivity contribution in [3.63, 3.8) is 0 Å². The number of alkyl halides is 3. The van der Waals surface area contributed by atoms with Gasteiger partial charge in [-0.05, 0) is 6.07 Å². The average molecular weight is 332 g/mol. The number of hydrogen-bond donors (Lipinski definition) is 0. The molecule has 1 aromatic carbocycles. The molecule has 0 radical (unpaired) electrons. The fourth-order valence-electron chi connectivity index (χ4n) is 1.86. The molecule has 0 aliphatic heterocycles. The van der Waals surface area contributed by atoms with Crippen molar-refractivity contribution >= 4 is 32.8 Å². The van der Waals surface area contributed by atoms with Gasteiger partial charge in [0.2, 0.25) is 0 Å². The Balaban J connectivity index is 2.30. The van der Waals surface area contributed by atoms with Gasteiger partial charge in [-0.3, -0.25) is 4.79 Å². The van der Waals surface area contributed by atoms with E-state index in [1.165, 1.54) is 6.26 Å². The number of furan rings is 1. The molecule has 2 aromatic rings. The Hall–Kier alpha value is -1.43. The van der Waals surface area contributed by atoms with E-state index in [4.69, 9.17) is 4.42 Å². The SMILES string of the molecule is O=C(c1coc2ccccc12)N(CCBr)CC(F)F. The Morgan fingerprint density at radius 2 is 2.11 bits per heavy atom.